The van der Waals surface area contributed by atoms with Gasteiger partial charge in [-0.05, 0) is 36.6 Å². The second kappa shape index (κ2) is 8.68. The fraction of sp³-hybridized carbons (Fsp3) is 0.333. The summed E-state index contributed by atoms with van der Waals surface area (Å²) < 4.78 is 0. The number of thiophene rings is 1. The van der Waals surface area contributed by atoms with Crippen LogP contribution in [0.5, 0.6) is 0 Å². The average molecular weight is 461 g/mol. The Hall–Kier alpha value is -2.91. The first-order valence-electron chi connectivity index (χ1n) is 9.85. The molecule has 8 nitrogen and oxygen atoms in total. The molecule has 31 heavy (non-hydrogen) atoms. The molecule has 1 atom stereocenters. The molecule has 1 aromatic heterocycles. The largest absolute Gasteiger partial charge is 0.334 e. The molecule has 1 saturated heterocycles. The second-order valence-corrected chi connectivity index (χ2v) is 9.20. The Balaban J connectivity index is 1.29. The summed E-state index contributed by atoms with van der Waals surface area (Å²) in [6.45, 7) is 2.90. The number of fused-ring (bicyclic) bond motifs is 1. The van der Waals surface area contributed by atoms with Gasteiger partial charge < -0.3 is 15.5 Å². The van der Waals surface area contributed by atoms with Crippen LogP contribution in [0.15, 0.2) is 24.3 Å². The van der Waals surface area contributed by atoms with Crippen LogP contribution in [-0.2, 0) is 29.2 Å². The Kier molecular flexibility index (Phi) is 5.97. The molecule has 10 heteroatoms. The molecule has 3 heterocycles. The lowest BCUT2D eigenvalue weighted by Crippen LogP contribution is -2.52. The Bertz CT molecular complexity index is 1080. The monoisotopic (exact) mass is 460 g/mol. The molecule has 0 aliphatic carbocycles. The first-order chi connectivity index (χ1) is 14.8. The van der Waals surface area contributed by atoms with Gasteiger partial charge >= 0.3 is 6.03 Å². The number of halogens is 1. The highest BCUT2D eigenvalue weighted by Crippen LogP contribution is 2.33. The van der Waals surface area contributed by atoms with Crippen LogP contribution >= 0.6 is 22.9 Å². The van der Waals surface area contributed by atoms with E-state index in [2.05, 4.69) is 16.0 Å². The maximum Gasteiger partial charge on any atom is 0.315 e. The summed E-state index contributed by atoms with van der Waals surface area (Å²) in [7, 11) is 0. The number of aryl methyl sites for hydroxylation is 1. The summed E-state index contributed by atoms with van der Waals surface area (Å²) in [5, 5.41) is 8.51. The van der Waals surface area contributed by atoms with E-state index in [4.69, 9.17) is 11.6 Å². The zero-order valence-electron chi connectivity index (χ0n) is 16.8. The quantitative estimate of drug-likeness (QED) is 0.595. The molecule has 2 aliphatic rings. The van der Waals surface area contributed by atoms with Gasteiger partial charge in [-0.25, -0.2) is 4.79 Å². The van der Waals surface area contributed by atoms with Crippen molar-refractivity contribution in [1.29, 1.82) is 0 Å². The molecule has 2 aromatic rings. The van der Waals surface area contributed by atoms with Gasteiger partial charge in [0.2, 0.25) is 11.8 Å². The predicted octanol–water partition coefficient (Wildman–Crippen LogP) is 2.47. The van der Waals surface area contributed by atoms with Crippen LogP contribution in [0.2, 0.25) is 5.02 Å². The molecule has 4 rings (SSSR count). The zero-order valence-corrected chi connectivity index (χ0v) is 18.4. The van der Waals surface area contributed by atoms with Gasteiger partial charge in [0, 0.05) is 27.7 Å². The van der Waals surface area contributed by atoms with Crippen molar-refractivity contribution in [3.05, 3.63) is 55.7 Å². The minimum absolute atomic E-state index is 0.215. The Morgan fingerprint density at radius 3 is 2.71 bits per heavy atom. The van der Waals surface area contributed by atoms with Gasteiger partial charge in [0.15, 0.2) is 0 Å². The highest BCUT2D eigenvalue weighted by Gasteiger charge is 2.40. The van der Waals surface area contributed by atoms with Crippen molar-refractivity contribution in [3.63, 3.8) is 0 Å². The molecule has 3 N–H and O–H groups in total. The van der Waals surface area contributed by atoms with Crippen molar-refractivity contribution in [1.82, 2.24) is 20.9 Å². The highest BCUT2D eigenvalue weighted by molar-refractivity contribution is 7.12. The van der Waals surface area contributed by atoms with E-state index >= 15 is 0 Å². The van der Waals surface area contributed by atoms with E-state index in [9.17, 15) is 19.2 Å². The van der Waals surface area contributed by atoms with Gasteiger partial charge in [-0.2, -0.15) is 0 Å². The van der Waals surface area contributed by atoms with E-state index in [1.54, 1.807) is 6.07 Å². The number of amides is 5. The first-order valence-corrected chi connectivity index (χ1v) is 11.0. The third-order valence-electron chi connectivity index (χ3n) is 5.36. The Morgan fingerprint density at radius 2 is 2.00 bits per heavy atom. The summed E-state index contributed by atoms with van der Waals surface area (Å²) in [5.74, 6) is -0.944. The van der Waals surface area contributed by atoms with Gasteiger partial charge in [-0.15, -0.1) is 11.3 Å². The third kappa shape index (κ3) is 4.57. The number of piperidine rings is 1. The molecule has 0 spiro atoms. The van der Waals surface area contributed by atoms with E-state index < -0.39 is 11.9 Å². The van der Waals surface area contributed by atoms with Crippen molar-refractivity contribution in [2.75, 3.05) is 0 Å². The van der Waals surface area contributed by atoms with Gasteiger partial charge in [-0.1, -0.05) is 23.7 Å². The molecule has 0 saturated carbocycles. The average Bonchev–Trinajstić information content (AvgIpc) is 3.26. The molecule has 1 fully saturated rings. The SMILES string of the molecule is Cc1ccc(CNC(=O)NCc2cc3c(s2)CN(C2CCC(=O)NC2=O)C3=O)cc1Cl. The lowest BCUT2D eigenvalue weighted by atomic mass is 10.0. The number of imide groups is 1. The smallest absolute Gasteiger partial charge is 0.315 e. The third-order valence-corrected chi connectivity index (χ3v) is 6.89. The van der Waals surface area contributed by atoms with E-state index in [1.165, 1.54) is 16.2 Å². The maximum absolute atomic E-state index is 12.7. The number of urea groups is 1. The maximum atomic E-state index is 12.7. The van der Waals surface area contributed by atoms with Crippen LogP contribution in [0, 0.1) is 6.92 Å². The number of nitrogens with zero attached hydrogens (tertiary/aromatic N) is 1. The van der Waals surface area contributed by atoms with Gasteiger partial charge in [0.25, 0.3) is 5.91 Å². The van der Waals surface area contributed by atoms with E-state index in [0.717, 1.165) is 20.9 Å². The first kappa shape index (κ1) is 21.3. The van der Waals surface area contributed by atoms with E-state index in [1.807, 2.05) is 25.1 Å². The molecular weight excluding hydrogens is 440 g/mol. The summed E-state index contributed by atoms with van der Waals surface area (Å²) in [5.41, 5.74) is 2.44. The highest BCUT2D eigenvalue weighted by atomic mass is 35.5. The fourth-order valence-corrected chi connectivity index (χ4v) is 4.94. The standard InChI is InChI=1S/C21H21ClN4O4S/c1-11-2-3-12(6-15(11)22)8-23-21(30)24-9-13-7-14-17(31-13)10-26(20(14)29)16-4-5-18(27)25-19(16)28/h2-3,6-7,16H,4-5,8-10H2,1H3,(H2,23,24,30)(H,25,27,28). The fourth-order valence-electron chi connectivity index (χ4n) is 3.64. The number of nitrogens with one attached hydrogen (secondary N) is 3. The van der Waals surface area contributed by atoms with Crippen LogP contribution in [0.1, 0.15) is 44.1 Å². The molecule has 1 unspecified atom stereocenters. The van der Waals surface area contributed by atoms with Crippen LogP contribution < -0.4 is 16.0 Å². The molecule has 5 amide bonds. The van der Waals surface area contributed by atoms with Crippen LogP contribution in [0.4, 0.5) is 4.79 Å². The van der Waals surface area contributed by atoms with Gasteiger partial charge in [0.1, 0.15) is 6.04 Å². The lowest BCUT2D eigenvalue weighted by Gasteiger charge is -2.29. The summed E-state index contributed by atoms with van der Waals surface area (Å²) in [6, 6.07) is 6.45. The number of benzene rings is 1. The lowest BCUT2D eigenvalue weighted by molar-refractivity contribution is -0.136. The number of rotatable bonds is 5. The Morgan fingerprint density at radius 1 is 1.23 bits per heavy atom. The predicted molar refractivity (Wildman–Crippen MR) is 116 cm³/mol. The normalized spacial score (nSPS) is 18.1. The van der Waals surface area contributed by atoms with E-state index in [-0.39, 0.29) is 24.3 Å². The number of hydrogen-bond acceptors (Lipinski definition) is 5. The van der Waals surface area contributed by atoms with Crippen molar-refractivity contribution in [2.24, 2.45) is 0 Å². The Labute approximate surface area is 187 Å². The minimum atomic E-state index is -0.618. The van der Waals surface area contributed by atoms with Crippen molar-refractivity contribution >= 4 is 46.7 Å². The number of carbonyl (C=O) groups is 4. The number of carbonyl (C=O) groups excluding carboxylic acids is 4. The van der Waals surface area contributed by atoms with Crippen molar-refractivity contribution in [3.8, 4) is 0 Å². The van der Waals surface area contributed by atoms with Crippen molar-refractivity contribution in [2.45, 2.75) is 45.4 Å². The van der Waals surface area contributed by atoms with Crippen molar-refractivity contribution < 1.29 is 19.2 Å². The number of hydrogen-bond donors (Lipinski definition) is 3. The van der Waals surface area contributed by atoms with Crippen LogP contribution in [0.25, 0.3) is 0 Å². The molecule has 0 bridgehead atoms. The molecule has 162 valence electrons. The zero-order chi connectivity index (χ0) is 22.1. The molecular formula is C21H21ClN4O4S. The van der Waals surface area contributed by atoms with E-state index in [0.29, 0.717) is 36.6 Å². The molecule has 2 aliphatic heterocycles. The molecule has 1 aromatic carbocycles. The van der Waals surface area contributed by atoms with Gasteiger partial charge in [0.05, 0.1) is 18.7 Å². The summed E-state index contributed by atoms with van der Waals surface area (Å²) >= 11 is 7.53. The van der Waals surface area contributed by atoms with Crippen LogP contribution in [-0.4, -0.2) is 34.7 Å². The van der Waals surface area contributed by atoms with Crippen LogP contribution in [0.3, 0.4) is 0 Å². The summed E-state index contributed by atoms with van der Waals surface area (Å²) in [4.78, 5) is 51.5. The topological polar surface area (TPSA) is 108 Å². The minimum Gasteiger partial charge on any atom is -0.334 e. The van der Waals surface area contributed by atoms with Gasteiger partial charge in [-0.3, -0.25) is 19.7 Å². The molecule has 0 radical (unpaired) electrons. The summed E-state index contributed by atoms with van der Waals surface area (Å²) in [6.07, 6.45) is 0.568. The second-order valence-electron chi connectivity index (χ2n) is 7.57.